The molecule has 2 aromatic heterocycles. The van der Waals surface area contributed by atoms with Gasteiger partial charge in [0.1, 0.15) is 5.70 Å². The number of anilines is 1. The van der Waals surface area contributed by atoms with Gasteiger partial charge in [-0.15, -0.1) is 0 Å². The molecule has 0 amide bonds. The third kappa shape index (κ3) is 2.78. The maximum Gasteiger partial charge on any atom is 0.258 e. The minimum atomic E-state index is -0.285. The molecule has 0 saturated heterocycles. The highest BCUT2D eigenvalue weighted by molar-refractivity contribution is 5.83. The van der Waals surface area contributed by atoms with Crippen molar-refractivity contribution < 1.29 is 0 Å². The minimum absolute atomic E-state index is 0.247. The Balaban J connectivity index is 1.71. The van der Waals surface area contributed by atoms with Crippen LogP contribution in [0.1, 0.15) is 5.56 Å². The van der Waals surface area contributed by atoms with Gasteiger partial charge >= 0.3 is 0 Å². The van der Waals surface area contributed by atoms with Crippen molar-refractivity contribution in [3.63, 3.8) is 0 Å². The van der Waals surface area contributed by atoms with E-state index in [9.17, 15) is 4.79 Å². The lowest BCUT2D eigenvalue weighted by molar-refractivity contribution is 1.14. The van der Waals surface area contributed by atoms with Crippen molar-refractivity contribution in [2.75, 3.05) is 5.32 Å². The van der Waals surface area contributed by atoms with Gasteiger partial charge in [0, 0.05) is 17.4 Å². The van der Waals surface area contributed by atoms with Crippen LogP contribution in [0.5, 0.6) is 0 Å². The molecule has 0 spiro atoms. The Hall–Kier alpha value is -3.74. The largest absolute Gasteiger partial charge is 0.360 e. The van der Waals surface area contributed by atoms with Crippen LogP contribution in [0.15, 0.2) is 71.0 Å². The monoisotopic (exact) mass is 330 g/mol. The first kappa shape index (κ1) is 14.8. The van der Waals surface area contributed by atoms with Crippen molar-refractivity contribution in [3.8, 4) is 0 Å². The van der Waals surface area contributed by atoms with Gasteiger partial charge in [0.15, 0.2) is 0 Å². The highest BCUT2D eigenvalue weighted by Gasteiger charge is 2.08. The van der Waals surface area contributed by atoms with Gasteiger partial charge in [0.2, 0.25) is 0 Å². The summed E-state index contributed by atoms with van der Waals surface area (Å²) in [6.07, 6.45) is 3.17. The lowest BCUT2D eigenvalue weighted by Gasteiger charge is -2.05. The molecule has 7 heteroatoms. The van der Waals surface area contributed by atoms with E-state index in [0.29, 0.717) is 5.56 Å². The number of fused-ring (bicyclic) bond motifs is 2. The smallest absolute Gasteiger partial charge is 0.258 e. The lowest BCUT2D eigenvalue weighted by Crippen LogP contribution is -2.11. The molecule has 4 aromatic rings. The summed E-state index contributed by atoms with van der Waals surface area (Å²) in [5, 5.41) is 7.46. The first-order valence-corrected chi connectivity index (χ1v) is 7.64. The zero-order valence-corrected chi connectivity index (χ0v) is 13.1. The Morgan fingerprint density at radius 2 is 2.04 bits per heavy atom. The van der Waals surface area contributed by atoms with E-state index in [4.69, 9.17) is 5.53 Å². The Bertz CT molecular complexity index is 1170. The zero-order valence-electron chi connectivity index (χ0n) is 13.1. The first-order chi connectivity index (χ1) is 12.2. The normalized spacial score (nSPS) is 11.8. The number of para-hydroxylation sites is 1. The van der Waals surface area contributed by atoms with E-state index in [0.717, 1.165) is 27.6 Å². The number of benzene rings is 2. The van der Waals surface area contributed by atoms with E-state index in [2.05, 4.69) is 25.4 Å². The van der Waals surface area contributed by atoms with Gasteiger partial charge < -0.3 is 15.3 Å². The number of hydrogen-bond donors (Lipinski definition) is 4. The lowest BCUT2D eigenvalue weighted by atomic mass is 10.1. The molecule has 0 bridgehead atoms. The number of nitrogens with zero attached hydrogens (tertiary/aromatic N) is 2. The van der Waals surface area contributed by atoms with Crippen LogP contribution in [0.3, 0.4) is 0 Å². The van der Waals surface area contributed by atoms with Crippen LogP contribution < -0.4 is 10.9 Å². The fourth-order valence-corrected chi connectivity index (χ4v) is 2.68. The second kappa shape index (κ2) is 6.04. The standard InChI is InChI=1S/C18H14N6O/c19-24-17(9-20-12-5-6-15-16(8-12)22-10-21-15)13-7-11-3-1-2-4-14(11)23-18(13)25/h1-10,19-20H,(H,21,22)(H,23,25)/b17-9-,24-19?. The third-order valence-electron chi connectivity index (χ3n) is 3.95. The molecule has 7 nitrogen and oxygen atoms in total. The van der Waals surface area contributed by atoms with Crippen LogP contribution in [0.2, 0.25) is 0 Å². The fraction of sp³-hybridized carbons (Fsp3) is 0. The molecule has 25 heavy (non-hydrogen) atoms. The number of pyridine rings is 1. The highest BCUT2D eigenvalue weighted by Crippen LogP contribution is 2.19. The first-order valence-electron chi connectivity index (χ1n) is 7.64. The topological polar surface area (TPSA) is 110 Å². The summed E-state index contributed by atoms with van der Waals surface area (Å²) in [6, 6.07) is 14.9. The number of nitrogens with one attached hydrogen (secondary N) is 4. The second-order valence-electron chi connectivity index (χ2n) is 5.52. The molecular formula is C18H14N6O. The molecule has 0 aliphatic carbocycles. The van der Waals surface area contributed by atoms with Crippen molar-refractivity contribution >= 4 is 33.3 Å². The molecular weight excluding hydrogens is 316 g/mol. The van der Waals surface area contributed by atoms with Gasteiger partial charge in [-0.3, -0.25) is 4.79 Å². The van der Waals surface area contributed by atoms with E-state index in [1.54, 1.807) is 18.6 Å². The SMILES string of the molecule is N=N/C(=C\Nc1ccc2nc[nH]c2c1)c1cc2ccccc2[nH]c1=O. The molecule has 0 aliphatic heterocycles. The average molecular weight is 330 g/mol. The number of rotatable bonds is 4. The van der Waals surface area contributed by atoms with Gasteiger partial charge in [-0.2, -0.15) is 5.11 Å². The predicted molar refractivity (Wildman–Crippen MR) is 97.4 cm³/mol. The number of imidazole rings is 1. The fourth-order valence-electron chi connectivity index (χ4n) is 2.68. The van der Waals surface area contributed by atoms with Gasteiger partial charge in [0.25, 0.3) is 5.56 Å². The van der Waals surface area contributed by atoms with Crippen molar-refractivity contribution in [3.05, 3.63) is 77.0 Å². The van der Waals surface area contributed by atoms with Crippen molar-refractivity contribution in [2.24, 2.45) is 5.11 Å². The van der Waals surface area contributed by atoms with Crippen LogP contribution in [0.25, 0.3) is 27.6 Å². The molecule has 0 aliphatic rings. The van der Waals surface area contributed by atoms with Gasteiger partial charge in [-0.25, -0.2) is 10.5 Å². The molecule has 2 heterocycles. The summed E-state index contributed by atoms with van der Waals surface area (Å²) in [5.41, 5.74) is 11.0. The summed E-state index contributed by atoms with van der Waals surface area (Å²) >= 11 is 0. The van der Waals surface area contributed by atoms with Crippen molar-refractivity contribution in [1.29, 1.82) is 5.53 Å². The molecule has 4 rings (SSSR count). The molecule has 0 fully saturated rings. The maximum absolute atomic E-state index is 12.3. The average Bonchev–Trinajstić information content (AvgIpc) is 3.10. The Labute approximate surface area is 141 Å². The summed E-state index contributed by atoms with van der Waals surface area (Å²) in [7, 11) is 0. The maximum atomic E-state index is 12.3. The molecule has 0 saturated carbocycles. The van der Waals surface area contributed by atoms with Crippen LogP contribution in [0.4, 0.5) is 5.69 Å². The predicted octanol–water partition coefficient (Wildman–Crippen LogP) is 3.85. The van der Waals surface area contributed by atoms with Gasteiger partial charge in [0.05, 0.1) is 22.9 Å². The van der Waals surface area contributed by atoms with Gasteiger partial charge in [-0.05, 0) is 35.7 Å². The summed E-state index contributed by atoms with van der Waals surface area (Å²) < 4.78 is 0. The summed E-state index contributed by atoms with van der Waals surface area (Å²) in [5.74, 6) is 0. The van der Waals surface area contributed by atoms with E-state index in [1.165, 1.54) is 0 Å². The van der Waals surface area contributed by atoms with E-state index in [-0.39, 0.29) is 11.3 Å². The Morgan fingerprint density at radius 3 is 2.92 bits per heavy atom. The molecule has 0 radical (unpaired) electrons. The van der Waals surface area contributed by atoms with Crippen molar-refractivity contribution in [1.82, 2.24) is 15.0 Å². The van der Waals surface area contributed by atoms with Crippen LogP contribution in [-0.4, -0.2) is 15.0 Å². The molecule has 4 N–H and O–H groups in total. The highest BCUT2D eigenvalue weighted by atomic mass is 16.1. The van der Waals surface area contributed by atoms with E-state index in [1.807, 2.05) is 42.5 Å². The number of hydrogen-bond acceptors (Lipinski definition) is 5. The molecule has 122 valence electrons. The quantitative estimate of drug-likeness (QED) is 0.427. The van der Waals surface area contributed by atoms with E-state index >= 15 is 0 Å². The van der Waals surface area contributed by atoms with Crippen LogP contribution >= 0.6 is 0 Å². The second-order valence-corrected chi connectivity index (χ2v) is 5.52. The summed E-state index contributed by atoms with van der Waals surface area (Å²) in [4.78, 5) is 22.3. The zero-order chi connectivity index (χ0) is 17.2. The van der Waals surface area contributed by atoms with E-state index < -0.39 is 0 Å². The Kier molecular flexibility index (Phi) is 3.59. The number of aromatic amines is 2. The number of aromatic nitrogens is 3. The summed E-state index contributed by atoms with van der Waals surface area (Å²) in [6.45, 7) is 0. The molecule has 2 aromatic carbocycles. The third-order valence-corrected chi connectivity index (χ3v) is 3.95. The molecule has 0 atom stereocenters. The minimum Gasteiger partial charge on any atom is -0.360 e. The Morgan fingerprint density at radius 1 is 1.16 bits per heavy atom. The van der Waals surface area contributed by atoms with Crippen LogP contribution in [0, 0.1) is 5.53 Å². The molecule has 0 unspecified atom stereocenters. The van der Waals surface area contributed by atoms with Gasteiger partial charge in [-0.1, -0.05) is 18.2 Å². The number of H-pyrrole nitrogens is 2. The van der Waals surface area contributed by atoms with Crippen molar-refractivity contribution in [2.45, 2.75) is 0 Å². The van der Waals surface area contributed by atoms with Crippen LogP contribution in [-0.2, 0) is 0 Å².